The molecule has 128 valence electrons. The molecular formula is C16H24N2O4S. The van der Waals surface area contributed by atoms with E-state index in [2.05, 4.69) is 4.72 Å². The number of carbonyl (C=O) groups excluding carboxylic acids is 1. The first-order valence-electron chi connectivity index (χ1n) is 7.99. The molecule has 1 aliphatic heterocycles. The summed E-state index contributed by atoms with van der Waals surface area (Å²) in [6.45, 7) is 2.98. The van der Waals surface area contributed by atoms with E-state index in [4.69, 9.17) is 0 Å². The lowest BCUT2D eigenvalue weighted by Gasteiger charge is -2.32. The molecule has 7 heteroatoms. The zero-order valence-corrected chi connectivity index (χ0v) is 14.2. The largest absolute Gasteiger partial charge is 0.508 e. The third kappa shape index (κ3) is 5.21. The number of amides is 1. The molecule has 1 saturated heterocycles. The Morgan fingerprint density at radius 1 is 1.35 bits per heavy atom. The highest BCUT2D eigenvalue weighted by Crippen LogP contribution is 2.17. The van der Waals surface area contributed by atoms with Crippen LogP contribution in [0.15, 0.2) is 24.3 Å². The second-order valence-electron chi connectivity index (χ2n) is 5.91. The van der Waals surface area contributed by atoms with E-state index in [0.717, 1.165) is 6.42 Å². The van der Waals surface area contributed by atoms with Crippen molar-refractivity contribution in [3.63, 3.8) is 0 Å². The molecule has 0 atom stereocenters. The Kier molecular flexibility index (Phi) is 6.01. The fraction of sp³-hybridized carbons (Fsp3) is 0.562. The monoisotopic (exact) mass is 340 g/mol. The van der Waals surface area contributed by atoms with Crippen LogP contribution >= 0.6 is 0 Å². The Hall–Kier alpha value is -1.60. The second-order valence-corrected chi connectivity index (χ2v) is 7.78. The van der Waals surface area contributed by atoms with Gasteiger partial charge in [0.25, 0.3) is 5.91 Å². The summed E-state index contributed by atoms with van der Waals surface area (Å²) in [5.41, 5.74) is 0.451. The molecule has 2 N–H and O–H groups in total. The molecule has 0 bridgehead atoms. The van der Waals surface area contributed by atoms with Gasteiger partial charge in [-0.25, -0.2) is 13.1 Å². The van der Waals surface area contributed by atoms with Crippen LogP contribution in [0.4, 0.5) is 0 Å². The standard InChI is InChI=1S/C16H24N2O4S/c1-2-3-11-23(21,22)17-14-7-9-18(10-8-14)16(20)13-5-4-6-15(19)12-13/h4-6,12,14,17,19H,2-3,7-11H2,1H3. The van der Waals surface area contributed by atoms with E-state index in [1.807, 2.05) is 6.92 Å². The summed E-state index contributed by atoms with van der Waals surface area (Å²) in [5, 5.41) is 9.45. The van der Waals surface area contributed by atoms with Crippen molar-refractivity contribution >= 4 is 15.9 Å². The second kappa shape index (κ2) is 7.79. The van der Waals surface area contributed by atoms with E-state index < -0.39 is 10.0 Å². The lowest BCUT2D eigenvalue weighted by molar-refractivity contribution is 0.0711. The van der Waals surface area contributed by atoms with Gasteiger partial charge in [-0.2, -0.15) is 0 Å². The van der Waals surface area contributed by atoms with Crippen molar-refractivity contribution < 1.29 is 18.3 Å². The molecule has 0 aliphatic carbocycles. The summed E-state index contributed by atoms with van der Waals surface area (Å²) in [7, 11) is -3.23. The van der Waals surface area contributed by atoms with Crippen molar-refractivity contribution in [1.29, 1.82) is 0 Å². The van der Waals surface area contributed by atoms with Crippen LogP contribution < -0.4 is 4.72 Å². The van der Waals surface area contributed by atoms with Gasteiger partial charge in [0.1, 0.15) is 5.75 Å². The Morgan fingerprint density at radius 3 is 2.65 bits per heavy atom. The third-order valence-corrected chi connectivity index (χ3v) is 5.51. The molecule has 1 fully saturated rings. The van der Waals surface area contributed by atoms with Gasteiger partial charge in [0.2, 0.25) is 10.0 Å². The molecule has 0 unspecified atom stereocenters. The van der Waals surface area contributed by atoms with Crippen molar-refractivity contribution in [2.45, 2.75) is 38.6 Å². The quantitative estimate of drug-likeness (QED) is 0.825. The SMILES string of the molecule is CCCCS(=O)(=O)NC1CCN(C(=O)c2cccc(O)c2)CC1. The van der Waals surface area contributed by atoms with Gasteiger partial charge in [0, 0.05) is 24.7 Å². The molecule has 0 saturated carbocycles. The number of hydrogen-bond acceptors (Lipinski definition) is 4. The normalized spacial score (nSPS) is 16.5. The first kappa shape index (κ1) is 17.7. The fourth-order valence-electron chi connectivity index (χ4n) is 2.67. The lowest BCUT2D eigenvalue weighted by atomic mass is 10.0. The van der Waals surface area contributed by atoms with Gasteiger partial charge < -0.3 is 10.0 Å². The lowest BCUT2D eigenvalue weighted by Crippen LogP contribution is -2.47. The highest BCUT2D eigenvalue weighted by molar-refractivity contribution is 7.89. The minimum atomic E-state index is -3.23. The number of phenols is 1. The summed E-state index contributed by atoms with van der Waals surface area (Å²) >= 11 is 0. The highest BCUT2D eigenvalue weighted by atomic mass is 32.2. The molecule has 1 aliphatic rings. The number of rotatable bonds is 6. The van der Waals surface area contributed by atoms with E-state index in [9.17, 15) is 18.3 Å². The Balaban J connectivity index is 1.87. The number of nitrogens with zero attached hydrogens (tertiary/aromatic N) is 1. The number of piperidine rings is 1. The van der Waals surface area contributed by atoms with Crippen LogP contribution in [-0.2, 0) is 10.0 Å². The first-order chi connectivity index (χ1) is 10.9. The van der Waals surface area contributed by atoms with E-state index >= 15 is 0 Å². The summed E-state index contributed by atoms with van der Waals surface area (Å²) in [6, 6.07) is 6.17. The van der Waals surface area contributed by atoms with Gasteiger partial charge in [-0.3, -0.25) is 4.79 Å². The number of hydrogen-bond donors (Lipinski definition) is 2. The number of carbonyl (C=O) groups is 1. The average molecular weight is 340 g/mol. The number of likely N-dealkylation sites (tertiary alicyclic amines) is 1. The van der Waals surface area contributed by atoms with Crippen molar-refractivity contribution in [2.75, 3.05) is 18.8 Å². The molecule has 6 nitrogen and oxygen atoms in total. The third-order valence-electron chi connectivity index (χ3n) is 3.99. The maximum Gasteiger partial charge on any atom is 0.253 e. The van der Waals surface area contributed by atoms with Gasteiger partial charge in [0.15, 0.2) is 0 Å². The Morgan fingerprint density at radius 2 is 2.04 bits per heavy atom. The minimum absolute atomic E-state index is 0.0643. The van der Waals surface area contributed by atoms with Crippen LogP contribution in [0, 0.1) is 0 Å². The van der Waals surface area contributed by atoms with Crippen molar-refractivity contribution in [1.82, 2.24) is 9.62 Å². The number of unbranched alkanes of at least 4 members (excludes halogenated alkanes) is 1. The Bertz CT molecular complexity index is 637. The topological polar surface area (TPSA) is 86.7 Å². The molecule has 0 aromatic heterocycles. The van der Waals surface area contributed by atoms with E-state index in [-0.39, 0.29) is 23.5 Å². The van der Waals surface area contributed by atoms with Gasteiger partial charge >= 0.3 is 0 Å². The van der Waals surface area contributed by atoms with Crippen LogP contribution in [0.3, 0.4) is 0 Å². The summed E-state index contributed by atoms with van der Waals surface area (Å²) < 4.78 is 26.6. The maximum absolute atomic E-state index is 12.4. The van der Waals surface area contributed by atoms with E-state index in [1.54, 1.807) is 17.0 Å². The molecule has 1 heterocycles. The van der Waals surface area contributed by atoms with Crippen molar-refractivity contribution in [3.8, 4) is 5.75 Å². The first-order valence-corrected chi connectivity index (χ1v) is 9.65. The number of nitrogens with one attached hydrogen (secondary N) is 1. The van der Waals surface area contributed by atoms with Crippen molar-refractivity contribution in [2.24, 2.45) is 0 Å². The van der Waals surface area contributed by atoms with Crippen LogP contribution in [-0.4, -0.2) is 49.2 Å². The minimum Gasteiger partial charge on any atom is -0.508 e. The predicted molar refractivity (Wildman–Crippen MR) is 88.9 cm³/mol. The van der Waals surface area contributed by atoms with Crippen LogP contribution in [0.25, 0.3) is 0 Å². The molecular weight excluding hydrogens is 316 g/mol. The predicted octanol–water partition coefficient (Wildman–Crippen LogP) is 1.72. The maximum atomic E-state index is 12.4. The summed E-state index contributed by atoms with van der Waals surface area (Å²) in [5.74, 6) is 0.0916. The molecule has 2 rings (SSSR count). The van der Waals surface area contributed by atoms with Gasteiger partial charge in [-0.15, -0.1) is 0 Å². The zero-order valence-electron chi connectivity index (χ0n) is 13.4. The number of benzene rings is 1. The molecule has 23 heavy (non-hydrogen) atoms. The summed E-state index contributed by atoms with van der Waals surface area (Å²) in [4.78, 5) is 14.1. The van der Waals surface area contributed by atoms with Gasteiger partial charge in [-0.1, -0.05) is 19.4 Å². The average Bonchev–Trinajstić information content (AvgIpc) is 2.53. The van der Waals surface area contributed by atoms with Gasteiger partial charge in [-0.05, 0) is 37.5 Å². The molecule has 1 aromatic rings. The van der Waals surface area contributed by atoms with E-state index in [0.29, 0.717) is 37.9 Å². The molecule has 1 aromatic carbocycles. The van der Waals surface area contributed by atoms with Crippen LogP contribution in [0.5, 0.6) is 5.75 Å². The van der Waals surface area contributed by atoms with Gasteiger partial charge in [0.05, 0.1) is 5.75 Å². The number of aromatic hydroxyl groups is 1. The molecule has 0 radical (unpaired) electrons. The van der Waals surface area contributed by atoms with Crippen molar-refractivity contribution in [3.05, 3.63) is 29.8 Å². The van der Waals surface area contributed by atoms with Crippen LogP contribution in [0.1, 0.15) is 43.0 Å². The number of sulfonamides is 1. The Labute approximate surface area is 137 Å². The fourth-order valence-corrected chi connectivity index (χ4v) is 4.20. The highest BCUT2D eigenvalue weighted by Gasteiger charge is 2.26. The summed E-state index contributed by atoms with van der Waals surface area (Å²) in [6.07, 6.45) is 2.72. The molecule has 1 amide bonds. The zero-order chi connectivity index (χ0) is 16.9. The van der Waals surface area contributed by atoms with E-state index in [1.165, 1.54) is 12.1 Å². The molecule has 0 spiro atoms. The van der Waals surface area contributed by atoms with Crippen LogP contribution in [0.2, 0.25) is 0 Å². The smallest absolute Gasteiger partial charge is 0.253 e. The number of phenolic OH excluding ortho intramolecular Hbond substituents is 1.